The van der Waals surface area contributed by atoms with E-state index in [1.165, 1.54) is 0 Å². The predicted octanol–water partition coefficient (Wildman–Crippen LogP) is 4.29. The summed E-state index contributed by atoms with van der Waals surface area (Å²) in [5.74, 6) is 1.11. The molecular weight excluding hydrogens is 342 g/mol. The molecule has 1 aromatic heterocycles. The number of methoxy groups -OCH3 is 2. The number of benzene rings is 2. The average Bonchev–Trinajstić information content (AvgIpc) is 3.09. The van der Waals surface area contributed by atoms with Crippen molar-refractivity contribution in [1.82, 2.24) is 4.57 Å². The van der Waals surface area contributed by atoms with Crippen LogP contribution in [0.3, 0.4) is 0 Å². The van der Waals surface area contributed by atoms with E-state index in [4.69, 9.17) is 14.2 Å². The van der Waals surface area contributed by atoms with E-state index in [1.54, 1.807) is 14.2 Å². The van der Waals surface area contributed by atoms with Crippen LogP contribution in [0.2, 0.25) is 0 Å². The van der Waals surface area contributed by atoms with Crippen molar-refractivity contribution in [3.63, 3.8) is 0 Å². The van der Waals surface area contributed by atoms with Crippen LogP contribution in [0.4, 0.5) is 0 Å². The Morgan fingerprint density at radius 2 is 1.85 bits per heavy atom. The van der Waals surface area contributed by atoms with Gasteiger partial charge in [-0.05, 0) is 18.6 Å². The molecule has 2 aromatic carbocycles. The molecule has 0 bridgehead atoms. The Hall–Kier alpha value is -3.21. The van der Waals surface area contributed by atoms with E-state index in [0.29, 0.717) is 24.5 Å². The van der Waals surface area contributed by atoms with Crippen molar-refractivity contribution in [2.24, 2.45) is 0 Å². The Labute approximate surface area is 157 Å². The van der Waals surface area contributed by atoms with Gasteiger partial charge in [0.2, 0.25) is 0 Å². The van der Waals surface area contributed by atoms with E-state index in [0.717, 1.165) is 33.3 Å². The lowest BCUT2D eigenvalue weighted by Gasteiger charge is -2.19. The highest BCUT2D eigenvalue weighted by molar-refractivity contribution is 6.08. The monoisotopic (exact) mass is 363 g/mol. The second kappa shape index (κ2) is 6.83. The Morgan fingerprint density at radius 3 is 2.52 bits per heavy atom. The first-order chi connectivity index (χ1) is 13.2. The fourth-order valence-electron chi connectivity index (χ4n) is 3.66. The van der Waals surface area contributed by atoms with Gasteiger partial charge in [-0.25, -0.2) is 4.79 Å². The van der Waals surface area contributed by atoms with Crippen molar-refractivity contribution < 1.29 is 19.0 Å². The molecule has 3 aromatic rings. The molecule has 0 atom stereocenters. The van der Waals surface area contributed by atoms with Crippen molar-refractivity contribution in [1.29, 1.82) is 0 Å². The Morgan fingerprint density at radius 1 is 1.11 bits per heavy atom. The summed E-state index contributed by atoms with van der Waals surface area (Å²) in [6.07, 6.45) is 3.94. The normalized spacial score (nSPS) is 12.6. The molecule has 0 spiro atoms. The number of nitrogens with zero attached hydrogens (tertiary/aromatic N) is 1. The van der Waals surface area contributed by atoms with Crippen LogP contribution in [-0.2, 0) is 16.1 Å². The van der Waals surface area contributed by atoms with E-state index in [1.807, 2.05) is 37.3 Å². The zero-order valence-electron chi connectivity index (χ0n) is 15.6. The number of ether oxygens (including phenoxy) is 3. The maximum absolute atomic E-state index is 12.4. The number of hydrogen-bond donors (Lipinski definition) is 0. The van der Waals surface area contributed by atoms with Gasteiger partial charge in [0.15, 0.2) is 0 Å². The predicted molar refractivity (Wildman–Crippen MR) is 105 cm³/mol. The second-order valence-electron chi connectivity index (χ2n) is 6.35. The van der Waals surface area contributed by atoms with Crippen LogP contribution < -0.4 is 9.47 Å². The minimum absolute atomic E-state index is 0.302. The number of hydrogen-bond acceptors (Lipinski definition) is 4. The SMILES string of the molecule is CCOC(=O)C1=Cc2c(OC)cc(OC)c3c(-c4ccccc4)cn(c23)C1. The average molecular weight is 363 g/mol. The topological polar surface area (TPSA) is 49.7 Å². The summed E-state index contributed by atoms with van der Waals surface area (Å²) in [5, 5.41) is 1.01. The molecule has 0 saturated carbocycles. The van der Waals surface area contributed by atoms with Crippen molar-refractivity contribution in [3.8, 4) is 22.6 Å². The lowest BCUT2D eigenvalue weighted by atomic mass is 9.99. The van der Waals surface area contributed by atoms with Crippen LogP contribution in [0.1, 0.15) is 12.5 Å². The maximum Gasteiger partial charge on any atom is 0.335 e. The standard InChI is InChI=1S/C22H21NO4/c1-4-27-22(24)15-10-16-18(25-2)11-19(26-3)20-17(13-23(12-15)21(16)20)14-8-6-5-7-9-14/h5-11,13H,4,12H2,1-3H3. The van der Waals surface area contributed by atoms with E-state index < -0.39 is 0 Å². The number of rotatable bonds is 5. The third kappa shape index (κ3) is 2.76. The van der Waals surface area contributed by atoms with Crippen molar-refractivity contribution >= 4 is 22.9 Å². The van der Waals surface area contributed by atoms with E-state index in [9.17, 15) is 4.79 Å². The summed E-state index contributed by atoms with van der Waals surface area (Å²) in [7, 11) is 3.28. The number of esters is 1. The molecule has 0 N–H and O–H groups in total. The molecule has 0 saturated heterocycles. The van der Waals surface area contributed by atoms with Crippen LogP contribution in [0.25, 0.3) is 28.1 Å². The molecule has 0 unspecified atom stereocenters. The molecule has 27 heavy (non-hydrogen) atoms. The first-order valence-corrected chi connectivity index (χ1v) is 8.88. The zero-order chi connectivity index (χ0) is 19.0. The zero-order valence-corrected chi connectivity index (χ0v) is 15.6. The van der Waals surface area contributed by atoms with Gasteiger partial charge < -0.3 is 18.8 Å². The smallest absolute Gasteiger partial charge is 0.335 e. The first-order valence-electron chi connectivity index (χ1n) is 8.88. The van der Waals surface area contributed by atoms with Crippen LogP contribution in [0.15, 0.2) is 48.2 Å². The Balaban J connectivity index is 2.01. The Bertz CT molecular complexity index is 1050. The van der Waals surface area contributed by atoms with Gasteiger partial charge >= 0.3 is 5.97 Å². The summed E-state index contributed by atoms with van der Waals surface area (Å²) in [4.78, 5) is 12.4. The van der Waals surface area contributed by atoms with E-state index in [2.05, 4.69) is 22.9 Å². The molecule has 4 rings (SSSR count). The molecule has 0 radical (unpaired) electrons. The van der Waals surface area contributed by atoms with Crippen molar-refractivity contribution in [2.75, 3.05) is 20.8 Å². The highest BCUT2D eigenvalue weighted by atomic mass is 16.5. The van der Waals surface area contributed by atoms with Crippen LogP contribution >= 0.6 is 0 Å². The summed E-state index contributed by atoms with van der Waals surface area (Å²) < 4.78 is 18.6. The third-order valence-corrected chi connectivity index (χ3v) is 4.83. The lowest BCUT2D eigenvalue weighted by Crippen LogP contribution is -2.16. The third-order valence-electron chi connectivity index (χ3n) is 4.83. The Kier molecular flexibility index (Phi) is 4.36. The minimum Gasteiger partial charge on any atom is -0.496 e. The van der Waals surface area contributed by atoms with Gasteiger partial charge in [0.05, 0.1) is 43.8 Å². The number of aromatic nitrogens is 1. The van der Waals surface area contributed by atoms with Crippen LogP contribution in [0, 0.1) is 0 Å². The highest BCUT2D eigenvalue weighted by Gasteiger charge is 2.26. The quantitative estimate of drug-likeness (QED) is 0.635. The molecule has 5 heteroatoms. The van der Waals surface area contributed by atoms with Gasteiger partial charge in [0.1, 0.15) is 11.5 Å². The van der Waals surface area contributed by atoms with Gasteiger partial charge in [-0.2, -0.15) is 0 Å². The van der Waals surface area contributed by atoms with Crippen LogP contribution in [0.5, 0.6) is 11.5 Å². The van der Waals surface area contributed by atoms with Crippen LogP contribution in [-0.4, -0.2) is 31.4 Å². The second-order valence-corrected chi connectivity index (χ2v) is 6.35. The van der Waals surface area contributed by atoms with Gasteiger partial charge in [-0.1, -0.05) is 30.3 Å². The summed E-state index contributed by atoms with van der Waals surface area (Å²) in [6.45, 7) is 2.60. The number of carbonyl (C=O) groups is 1. The molecule has 5 nitrogen and oxygen atoms in total. The molecule has 1 aliphatic rings. The van der Waals surface area contributed by atoms with E-state index >= 15 is 0 Å². The lowest BCUT2D eigenvalue weighted by molar-refractivity contribution is -0.138. The molecule has 1 aliphatic heterocycles. The molecule has 2 heterocycles. The van der Waals surface area contributed by atoms with Gasteiger partial charge in [-0.3, -0.25) is 0 Å². The summed E-state index contributed by atoms with van der Waals surface area (Å²) in [5.41, 5.74) is 4.62. The van der Waals surface area contributed by atoms with Gasteiger partial charge in [-0.15, -0.1) is 0 Å². The summed E-state index contributed by atoms with van der Waals surface area (Å²) in [6, 6.07) is 12.0. The van der Waals surface area contributed by atoms with Gasteiger partial charge in [0, 0.05) is 23.4 Å². The fourth-order valence-corrected chi connectivity index (χ4v) is 3.66. The molecule has 0 amide bonds. The fraction of sp³-hybridized carbons (Fsp3) is 0.227. The highest BCUT2D eigenvalue weighted by Crippen LogP contribution is 2.45. The molecule has 0 aliphatic carbocycles. The first kappa shape index (κ1) is 17.2. The van der Waals surface area contributed by atoms with Crippen molar-refractivity contribution in [3.05, 3.63) is 53.7 Å². The van der Waals surface area contributed by atoms with Gasteiger partial charge in [0.25, 0.3) is 0 Å². The molecular formula is C22H21NO4. The van der Waals surface area contributed by atoms with E-state index in [-0.39, 0.29) is 5.97 Å². The maximum atomic E-state index is 12.4. The minimum atomic E-state index is -0.302. The van der Waals surface area contributed by atoms with Crippen molar-refractivity contribution in [2.45, 2.75) is 13.5 Å². The number of carbonyl (C=O) groups excluding carboxylic acids is 1. The molecule has 138 valence electrons. The molecule has 0 fully saturated rings. The summed E-state index contributed by atoms with van der Waals surface area (Å²) >= 11 is 0. The largest absolute Gasteiger partial charge is 0.496 e.